The summed E-state index contributed by atoms with van der Waals surface area (Å²) in [6, 6.07) is 9.78. The molecule has 2 aromatic carbocycles. The maximum atomic E-state index is 13.6. The molecule has 138 valence electrons. The highest BCUT2D eigenvalue weighted by Gasteiger charge is 2.14. The SMILES string of the molecule is CCOc1ccc(S(=O)(=O)NNC(=O)/C=C/c2c(F)cccc2Cl)cc1. The van der Waals surface area contributed by atoms with Crippen LogP contribution in [0.15, 0.2) is 53.4 Å². The molecule has 0 saturated heterocycles. The topological polar surface area (TPSA) is 84.5 Å². The predicted octanol–water partition coefficient (Wildman–Crippen LogP) is 2.90. The number of ether oxygens (including phenoxy) is 1. The molecule has 6 nitrogen and oxygen atoms in total. The molecule has 2 aromatic rings. The molecule has 0 fully saturated rings. The lowest BCUT2D eigenvalue weighted by Gasteiger charge is -2.08. The number of hydrogen-bond donors (Lipinski definition) is 2. The molecule has 0 heterocycles. The fourth-order valence-electron chi connectivity index (χ4n) is 1.93. The molecule has 9 heteroatoms. The van der Waals surface area contributed by atoms with Crippen LogP contribution in [0.5, 0.6) is 5.75 Å². The van der Waals surface area contributed by atoms with Crippen LogP contribution in [0.25, 0.3) is 6.08 Å². The molecule has 0 radical (unpaired) electrons. The van der Waals surface area contributed by atoms with Gasteiger partial charge in [0.05, 0.1) is 16.5 Å². The molecule has 0 saturated carbocycles. The summed E-state index contributed by atoms with van der Waals surface area (Å²) in [5.41, 5.74) is 2.04. The van der Waals surface area contributed by atoms with Gasteiger partial charge in [0.1, 0.15) is 11.6 Å². The Labute approximate surface area is 155 Å². The smallest absolute Gasteiger partial charge is 0.258 e. The van der Waals surface area contributed by atoms with E-state index in [1.54, 1.807) is 0 Å². The summed E-state index contributed by atoms with van der Waals surface area (Å²) in [6.07, 6.45) is 2.11. The van der Waals surface area contributed by atoms with E-state index in [1.165, 1.54) is 42.5 Å². The van der Waals surface area contributed by atoms with Crippen LogP contribution >= 0.6 is 11.6 Å². The van der Waals surface area contributed by atoms with E-state index in [9.17, 15) is 17.6 Å². The van der Waals surface area contributed by atoms with Crippen molar-refractivity contribution in [3.63, 3.8) is 0 Å². The Kier molecular flexibility index (Phi) is 6.73. The van der Waals surface area contributed by atoms with E-state index in [2.05, 4.69) is 0 Å². The van der Waals surface area contributed by atoms with Gasteiger partial charge in [-0.15, -0.1) is 4.83 Å². The number of sulfonamides is 1. The summed E-state index contributed by atoms with van der Waals surface area (Å²) in [7, 11) is -3.96. The van der Waals surface area contributed by atoms with Gasteiger partial charge in [-0.3, -0.25) is 10.2 Å². The van der Waals surface area contributed by atoms with Crippen molar-refractivity contribution < 1.29 is 22.3 Å². The first-order chi connectivity index (χ1) is 12.3. The molecule has 0 aliphatic carbocycles. The van der Waals surface area contributed by atoms with Gasteiger partial charge in [0.15, 0.2) is 0 Å². The second-order valence-electron chi connectivity index (χ2n) is 4.97. The largest absolute Gasteiger partial charge is 0.494 e. The van der Waals surface area contributed by atoms with E-state index in [1.807, 2.05) is 17.2 Å². The van der Waals surface area contributed by atoms with E-state index in [0.717, 1.165) is 12.2 Å². The van der Waals surface area contributed by atoms with Gasteiger partial charge in [0.2, 0.25) is 0 Å². The zero-order valence-electron chi connectivity index (χ0n) is 13.7. The molecule has 0 aliphatic rings. The normalized spacial score (nSPS) is 11.5. The van der Waals surface area contributed by atoms with Gasteiger partial charge in [-0.25, -0.2) is 12.8 Å². The van der Waals surface area contributed by atoms with Crippen LogP contribution < -0.4 is 15.0 Å². The Morgan fingerprint density at radius 2 is 1.92 bits per heavy atom. The molecule has 2 N–H and O–H groups in total. The molecule has 0 bridgehead atoms. The minimum atomic E-state index is -3.96. The number of carbonyl (C=O) groups excluding carboxylic acids is 1. The second-order valence-corrected chi connectivity index (χ2v) is 7.06. The van der Waals surface area contributed by atoms with Crippen LogP contribution in [0.4, 0.5) is 4.39 Å². The molecule has 0 unspecified atom stereocenters. The number of benzene rings is 2. The summed E-state index contributed by atoms with van der Waals surface area (Å²) in [6.45, 7) is 2.27. The van der Waals surface area contributed by atoms with Crippen molar-refractivity contribution in [2.45, 2.75) is 11.8 Å². The number of halogens is 2. The predicted molar refractivity (Wildman–Crippen MR) is 96.5 cm³/mol. The average Bonchev–Trinajstić information content (AvgIpc) is 2.60. The van der Waals surface area contributed by atoms with Crippen molar-refractivity contribution in [3.8, 4) is 5.75 Å². The third-order valence-corrected chi connectivity index (χ3v) is 4.75. The van der Waals surface area contributed by atoms with Crippen molar-refractivity contribution in [2.24, 2.45) is 0 Å². The Balaban J connectivity index is 2.00. The van der Waals surface area contributed by atoms with E-state index in [0.29, 0.717) is 12.4 Å². The summed E-state index contributed by atoms with van der Waals surface area (Å²) < 4.78 is 43.1. The number of hydrazine groups is 1. The fraction of sp³-hybridized carbons (Fsp3) is 0.118. The summed E-state index contributed by atoms with van der Waals surface area (Å²) in [5.74, 6) is -0.865. The fourth-order valence-corrected chi connectivity index (χ4v) is 3.00. The van der Waals surface area contributed by atoms with Gasteiger partial charge < -0.3 is 4.74 Å². The molecule has 0 spiro atoms. The number of amides is 1. The molecule has 0 atom stereocenters. The van der Waals surface area contributed by atoms with Gasteiger partial charge in [-0.1, -0.05) is 17.7 Å². The van der Waals surface area contributed by atoms with E-state index < -0.39 is 21.7 Å². The number of carbonyl (C=O) groups is 1. The van der Waals surface area contributed by atoms with Gasteiger partial charge in [0.25, 0.3) is 15.9 Å². The van der Waals surface area contributed by atoms with Gasteiger partial charge in [0, 0.05) is 11.6 Å². The van der Waals surface area contributed by atoms with Gasteiger partial charge in [-0.2, -0.15) is 0 Å². The van der Waals surface area contributed by atoms with Crippen molar-refractivity contribution in [1.29, 1.82) is 0 Å². The summed E-state index contributed by atoms with van der Waals surface area (Å²) in [4.78, 5) is 13.6. The maximum absolute atomic E-state index is 13.6. The van der Waals surface area contributed by atoms with E-state index >= 15 is 0 Å². The highest BCUT2D eigenvalue weighted by Crippen LogP contribution is 2.20. The van der Waals surface area contributed by atoms with Crippen molar-refractivity contribution in [3.05, 3.63) is 64.9 Å². The van der Waals surface area contributed by atoms with Gasteiger partial charge in [-0.05, 0) is 49.4 Å². The first-order valence-corrected chi connectivity index (χ1v) is 9.36. The first-order valence-electron chi connectivity index (χ1n) is 7.50. The molecule has 26 heavy (non-hydrogen) atoms. The van der Waals surface area contributed by atoms with Crippen LogP contribution in [-0.2, 0) is 14.8 Å². The van der Waals surface area contributed by atoms with Crippen LogP contribution in [0.2, 0.25) is 5.02 Å². The second kappa shape index (κ2) is 8.79. The Morgan fingerprint density at radius 1 is 1.23 bits per heavy atom. The molecular formula is C17H16ClFN2O4S. The summed E-state index contributed by atoms with van der Waals surface area (Å²) >= 11 is 5.83. The number of hydrogen-bond acceptors (Lipinski definition) is 4. The third kappa shape index (κ3) is 5.29. The molecular weight excluding hydrogens is 383 g/mol. The van der Waals surface area contributed by atoms with Crippen molar-refractivity contribution >= 4 is 33.6 Å². The summed E-state index contributed by atoms with van der Waals surface area (Å²) in [5, 5.41) is 0.129. The van der Waals surface area contributed by atoms with Crippen molar-refractivity contribution in [1.82, 2.24) is 10.3 Å². The Morgan fingerprint density at radius 3 is 2.54 bits per heavy atom. The monoisotopic (exact) mass is 398 g/mol. The molecule has 2 rings (SSSR count). The zero-order valence-corrected chi connectivity index (χ0v) is 15.3. The number of nitrogens with one attached hydrogen (secondary N) is 2. The van der Waals surface area contributed by atoms with Crippen LogP contribution in [0, 0.1) is 5.82 Å². The lowest BCUT2D eigenvalue weighted by Crippen LogP contribution is -2.40. The Bertz CT molecular complexity index is 895. The van der Waals surface area contributed by atoms with Crippen LogP contribution in [0.1, 0.15) is 12.5 Å². The zero-order chi connectivity index (χ0) is 19.2. The van der Waals surface area contributed by atoms with Crippen LogP contribution in [0.3, 0.4) is 0 Å². The lowest BCUT2D eigenvalue weighted by atomic mass is 10.2. The quantitative estimate of drug-likeness (QED) is 0.554. The average molecular weight is 399 g/mol. The minimum absolute atomic E-state index is 0.0266. The maximum Gasteiger partial charge on any atom is 0.258 e. The van der Waals surface area contributed by atoms with Gasteiger partial charge >= 0.3 is 0 Å². The molecule has 0 aromatic heterocycles. The number of rotatable bonds is 7. The van der Waals surface area contributed by atoms with Crippen LogP contribution in [-0.4, -0.2) is 20.9 Å². The minimum Gasteiger partial charge on any atom is -0.494 e. The first kappa shape index (κ1) is 19.9. The van der Waals surface area contributed by atoms with E-state index in [4.69, 9.17) is 16.3 Å². The van der Waals surface area contributed by atoms with E-state index in [-0.39, 0.29) is 15.5 Å². The molecule has 0 aliphatic heterocycles. The highest BCUT2D eigenvalue weighted by atomic mass is 35.5. The lowest BCUT2D eigenvalue weighted by molar-refractivity contribution is -0.116. The highest BCUT2D eigenvalue weighted by molar-refractivity contribution is 7.89. The standard InChI is InChI=1S/C17H16ClFN2O4S/c1-2-25-12-6-8-13(9-7-12)26(23,24)21-20-17(22)11-10-14-15(18)4-3-5-16(14)19/h3-11,21H,2H2,1H3,(H,20,22)/b11-10+. The van der Waals surface area contributed by atoms with Crippen molar-refractivity contribution in [2.75, 3.05) is 6.61 Å². The molecule has 1 amide bonds. The third-order valence-electron chi connectivity index (χ3n) is 3.15. The Hall–Kier alpha value is -2.42.